The van der Waals surface area contributed by atoms with Crippen LogP contribution in [0.5, 0.6) is 5.75 Å². The van der Waals surface area contributed by atoms with E-state index in [-0.39, 0.29) is 37.4 Å². The fourth-order valence-electron chi connectivity index (χ4n) is 7.89. The van der Waals surface area contributed by atoms with Crippen LogP contribution in [-0.4, -0.2) is 90.9 Å². The van der Waals surface area contributed by atoms with Gasteiger partial charge in [-0.3, -0.25) is 14.4 Å². The Morgan fingerprint density at radius 3 is 2.02 bits per heavy atom. The first-order chi connectivity index (χ1) is 22.3. The molecule has 5 atom stereocenters. The summed E-state index contributed by atoms with van der Waals surface area (Å²) in [6, 6.07) is 14.2. The zero-order valence-electron chi connectivity index (χ0n) is 27.1. The van der Waals surface area contributed by atoms with Crippen molar-refractivity contribution in [2.45, 2.75) is 51.4 Å². The van der Waals surface area contributed by atoms with Crippen LogP contribution in [-0.2, 0) is 19.1 Å². The second-order valence-corrected chi connectivity index (χ2v) is 12.2. The van der Waals surface area contributed by atoms with Crippen molar-refractivity contribution in [3.63, 3.8) is 0 Å². The van der Waals surface area contributed by atoms with Crippen molar-refractivity contribution in [1.82, 2.24) is 4.90 Å². The lowest BCUT2D eigenvalue weighted by molar-refractivity contribution is -0.146. The maximum absolute atomic E-state index is 14.6. The number of hydrogen-bond donors (Lipinski definition) is 1. The molecule has 0 saturated carbocycles. The van der Waals surface area contributed by atoms with E-state index >= 15 is 0 Å². The Labute approximate surface area is 270 Å². The van der Waals surface area contributed by atoms with Gasteiger partial charge in [-0.2, -0.15) is 0 Å². The average Bonchev–Trinajstić information content (AvgIpc) is 3.35. The number of benzene rings is 2. The van der Waals surface area contributed by atoms with Gasteiger partial charge in [0.15, 0.2) is 0 Å². The summed E-state index contributed by atoms with van der Waals surface area (Å²) in [5.41, 5.74) is -0.0226. The number of hydrogen-bond acceptors (Lipinski definition) is 7. The fourth-order valence-corrected chi connectivity index (χ4v) is 7.89. The first kappa shape index (κ1) is 31.8. The molecule has 1 spiro atoms. The topological polar surface area (TPSA) is 103 Å². The van der Waals surface area contributed by atoms with Crippen LogP contribution in [0.1, 0.15) is 34.1 Å². The van der Waals surface area contributed by atoms with E-state index < -0.39 is 29.1 Å². The van der Waals surface area contributed by atoms with Gasteiger partial charge in [-0.25, -0.2) is 0 Å². The zero-order chi connectivity index (χ0) is 32.6. The molecule has 0 bridgehead atoms. The molecule has 1 unspecified atom stereocenters. The molecule has 6 rings (SSSR count). The number of rotatable bonds is 10. The summed E-state index contributed by atoms with van der Waals surface area (Å²) in [6.07, 6.45) is 8.01. The number of carbonyl (C=O) groups excluding carboxylic acids is 3. The molecule has 3 amide bonds. The number of likely N-dealkylation sites (tertiary alicyclic amines) is 1. The quantitative estimate of drug-likeness (QED) is 0.400. The number of carbonyl (C=O) groups is 3. The number of β-amino-alcohol motifs (C(OH)–C–C–N with tert-alkyl or cyclic N) is 1. The summed E-state index contributed by atoms with van der Waals surface area (Å²) >= 11 is 0. The van der Waals surface area contributed by atoms with E-state index in [0.717, 1.165) is 18.8 Å². The number of ether oxygens (including phenoxy) is 2. The van der Waals surface area contributed by atoms with Crippen LogP contribution in [0.4, 0.5) is 17.1 Å². The van der Waals surface area contributed by atoms with Gasteiger partial charge in [0, 0.05) is 49.8 Å². The first-order valence-corrected chi connectivity index (χ1v) is 16.5. The Morgan fingerprint density at radius 2 is 1.43 bits per heavy atom. The lowest BCUT2D eigenvalue weighted by atomic mass is 9.73. The normalized spacial score (nSPS) is 28.6. The molecule has 2 fully saturated rings. The van der Waals surface area contributed by atoms with E-state index in [9.17, 15) is 19.5 Å². The third kappa shape index (κ3) is 4.89. The summed E-state index contributed by atoms with van der Waals surface area (Å²) in [6.45, 7) is 10.6. The molecule has 244 valence electrons. The molecule has 2 aromatic rings. The van der Waals surface area contributed by atoms with E-state index in [1.165, 1.54) is 4.90 Å². The molecule has 0 aliphatic carbocycles. The number of aliphatic hydroxyl groups is 1. The van der Waals surface area contributed by atoms with Crippen molar-refractivity contribution in [3.05, 3.63) is 72.8 Å². The van der Waals surface area contributed by atoms with E-state index in [1.807, 2.05) is 86.7 Å². The van der Waals surface area contributed by atoms with E-state index in [4.69, 9.17) is 9.47 Å². The molecular weight excluding hydrogens is 584 g/mol. The second kappa shape index (κ2) is 12.6. The monoisotopic (exact) mass is 628 g/mol. The van der Waals surface area contributed by atoms with Crippen LogP contribution >= 0.6 is 0 Å². The fraction of sp³-hybridized carbons (Fsp3) is 0.472. The van der Waals surface area contributed by atoms with Crippen molar-refractivity contribution < 1.29 is 29.0 Å². The highest BCUT2D eigenvalue weighted by molar-refractivity contribution is 6.07. The summed E-state index contributed by atoms with van der Waals surface area (Å²) in [4.78, 5) is 50.8. The van der Waals surface area contributed by atoms with Gasteiger partial charge in [-0.05, 0) is 75.7 Å². The lowest BCUT2D eigenvalue weighted by Gasteiger charge is -2.38. The van der Waals surface area contributed by atoms with Crippen molar-refractivity contribution in [1.29, 1.82) is 0 Å². The Bertz CT molecular complexity index is 1520. The average molecular weight is 629 g/mol. The Balaban J connectivity index is 1.40. The van der Waals surface area contributed by atoms with Gasteiger partial charge in [-0.1, -0.05) is 31.2 Å². The third-order valence-electron chi connectivity index (χ3n) is 10.0. The number of nitrogens with zero attached hydrogens (tertiary/aromatic N) is 4. The Morgan fingerprint density at radius 1 is 0.826 bits per heavy atom. The van der Waals surface area contributed by atoms with Crippen molar-refractivity contribution in [2.75, 3.05) is 60.6 Å². The zero-order valence-corrected chi connectivity index (χ0v) is 27.1. The molecular formula is C36H44N4O6. The maximum atomic E-state index is 14.6. The molecule has 2 aromatic carbocycles. The minimum absolute atomic E-state index is 0.0437. The molecule has 46 heavy (non-hydrogen) atoms. The van der Waals surface area contributed by atoms with Crippen molar-refractivity contribution >= 4 is 34.8 Å². The molecule has 10 nitrogen and oxygen atoms in total. The van der Waals surface area contributed by atoms with Gasteiger partial charge in [0.1, 0.15) is 17.4 Å². The molecule has 4 heterocycles. The third-order valence-corrected chi connectivity index (χ3v) is 10.0. The van der Waals surface area contributed by atoms with Crippen LogP contribution < -0.4 is 19.4 Å². The van der Waals surface area contributed by atoms with E-state index in [1.54, 1.807) is 9.80 Å². The summed E-state index contributed by atoms with van der Waals surface area (Å²) in [7, 11) is 0. The SMILES string of the molecule is CCOc1ccc(N2CC=C[C@]3(CC)O[C@]45C=CCN(c6ccc(N(CC)CC)cc6)C(=O)C4N(CCO)C(=O)[C@@H]5[C@@H]3C2=O)cc1. The smallest absolute Gasteiger partial charge is 0.253 e. The predicted molar refractivity (Wildman–Crippen MR) is 177 cm³/mol. The van der Waals surface area contributed by atoms with Crippen LogP contribution in [0.25, 0.3) is 0 Å². The van der Waals surface area contributed by atoms with E-state index in [0.29, 0.717) is 36.7 Å². The van der Waals surface area contributed by atoms with Crippen LogP contribution in [0.3, 0.4) is 0 Å². The largest absolute Gasteiger partial charge is 0.494 e. The second-order valence-electron chi connectivity index (χ2n) is 12.2. The maximum Gasteiger partial charge on any atom is 0.253 e. The van der Waals surface area contributed by atoms with Crippen LogP contribution in [0.2, 0.25) is 0 Å². The first-order valence-electron chi connectivity index (χ1n) is 16.5. The minimum atomic E-state index is -1.39. The molecule has 2 saturated heterocycles. The lowest BCUT2D eigenvalue weighted by Crippen LogP contribution is -2.56. The number of anilines is 3. The molecule has 4 aliphatic rings. The number of amides is 3. The molecule has 4 aliphatic heterocycles. The summed E-state index contributed by atoms with van der Waals surface area (Å²) in [5.74, 6) is -2.00. The molecule has 10 heteroatoms. The Kier molecular flexibility index (Phi) is 8.69. The Hall–Kier alpha value is -4.15. The molecule has 0 aromatic heterocycles. The highest BCUT2D eigenvalue weighted by atomic mass is 16.5. The van der Waals surface area contributed by atoms with Crippen LogP contribution in [0.15, 0.2) is 72.8 Å². The van der Waals surface area contributed by atoms with Gasteiger partial charge in [-0.15, -0.1) is 0 Å². The van der Waals surface area contributed by atoms with Gasteiger partial charge in [0.05, 0.1) is 30.7 Å². The van der Waals surface area contributed by atoms with E-state index in [2.05, 4.69) is 18.7 Å². The van der Waals surface area contributed by atoms with Crippen molar-refractivity contribution in [3.8, 4) is 5.75 Å². The standard InChI is InChI=1S/C36H44N4O6/c1-5-35-19-9-21-38(27-15-17-28(18-16-27)45-8-4)32(42)29(35)30-33(43)40(23-24-41)31-34(44)39(22-10-20-36(30,31)46-35)26-13-11-25(12-14-26)37(6-2)7-3/h9-20,29-31,41H,5-8,21-24H2,1-4H3/t29-,30+,31?,35+,36+/m1/s1. The molecule has 0 radical (unpaired) electrons. The van der Waals surface area contributed by atoms with Gasteiger partial charge in [0.25, 0.3) is 5.91 Å². The predicted octanol–water partition coefficient (Wildman–Crippen LogP) is 3.79. The van der Waals surface area contributed by atoms with Gasteiger partial charge in [0.2, 0.25) is 11.8 Å². The van der Waals surface area contributed by atoms with Gasteiger partial charge < -0.3 is 34.2 Å². The summed E-state index contributed by atoms with van der Waals surface area (Å²) < 4.78 is 12.6. The number of aliphatic hydroxyl groups excluding tert-OH is 1. The minimum Gasteiger partial charge on any atom is -0.494 e. The molecule has 1 N–H and O–H groups in total. The van der Waals surface area contributed by atoms with Gasteiger partial charge >= 0.3 is 0 Å². The van der Waals surface area contributed by atoms with Crippen molar-refractivity contribution in [2.24, 2.45) is 11.8 Å². The summed E-state index contributed by atoms with van der Waals surface area (Å²) in [5, 5.41) is 10.1. The highest BCUT2D eigenvalue weighted by Crippen LogP contribution is 2.58. The highest BCUT2D eigenvalue weighted by Gasteiger charge is 2.75. The number of fused-ring (bicyclic) bond motifs is 2. The van der Waals surface area contributed by atoms with Crippen LogP contribution in [0, 0.1) is 11.8 Å².